The Kier molecular flexibility index (Phi) is 5.01. The van der Waals surface area contributed by atoms with E-state index in [0.717, 1.165) is 5.69 Å². The van der Waals surface area contributed by atoms with Crippen molar-refractivity contribution in [2.45, 2.75) is 52.5 Å². The predicted molar refractivity (Wildman–Crippen MR) is 90.2 cm³/mol. The Bertz CT molecular complexity index is 604. The fourth-order valence-corrected chi connectivity index (χ4v) is 2.55. The molecule has 0 saturated carbocycles. The number of rotatable bonds is 5. The number of hydrogen-bond donors (Lipinski definition) is 1. The highest BCUT2D eigenvalue weighted by atomic mass is 16.2. The molecule has 0 aliphatic rings. The fraction of sp³-hybridized carbons (Fsp3) is 0.444. The lowest BCUT2D eigenvalue weighted by molar-refractivity contribution is -0.119. The van der Waals surface area contributed by atoms with Crippen molar-refractivity contribution >= 4 is 11.6 Å². The number of nitrogens with zero attached hydrogens (tertiary/aromatic N) is 2. The Balaban J connectivity index is 2.33. The summed E-state index contributed by atoms with van der Waals surface area (Å²) >= 11 is 0. The van der Waals surface area contributed by atoms with Gasteiger partial charge < -0.3 is 5.32 Å². The van der Waals surface area contributed by atoms with Crippen LogP contribution in [-0.2, 0) is 4.79 Å². The van der Waals surface area contributed by atoms with Crippen molar-refractivity contribution in [3.63, 3.8) is 0 Å². The zero-order chi connectivity index (χ0) is 16.3. The van der Waals surface area contributed by atoms with E-state index in [4.69, 9.17) is 0 Å². The van der Waals surface area contributed by atoms with Crippen LogP contribution >= 0.6 is 0 Å². The number of para-hydroxylation sites is 1. The van der Waals surface area contributed by atoms with Crippen LogP contribution in [0.1, 0.15) is 63.6 Å². The molecule has 2 aromatic rings. The van der Waals surface area contributed by atoms with E-state index in [1.165, 1.54) is 11.1 Å². The fourth-order valence-electron chi connectivity index (χ4n) is 2.55. The van der Waals surface area contributed by atoms with Crippen LogP contribution < -0.4 is 5.32 Å². The number of hydrogen-bond acceptors (Lipinski definition) is 2. The van der Waals surface area contributed by atoms with Crippen LogP contribution in [0, 0.1) is 0 Å². The van der Waals surface area contributed by atoms with Gasteiger partial charge >= 0.3 is 0 Å². The van der Waals surface area contributed by atoms with Crippen LogP contribution in [0.15, 0.2) is 36.7 Å². The van der Waals surface area contributed by atoms with E-state index in [2.05, 4.69) is 56.3 Å². The highest BCUT2D eigenvalue weighted by Crippen LogP contribution is 2.32. The molecule has 0 fully saturated rings. The summed E-state index contributed by atoms with van der Waals surface area (Å²) in [5.74, 6) is 0.668. The number of benzene rings is 1. The molecule has 1 aromatic heterocycles. The molecule has 0 spiro atoms. The van der Waals surface area contributed by atoms with Crippen LogP contribution in [0.5, 0.6) is 0 Å². The lowest BCUT2D eigenvalue weighted by Crippen LogP contribution is -2.25. The summed E-state index contributed by atoms with van der Waals surface area (Å²) in [5.41, 5.74) is 3.30. The van der Waals surface area contributed by atoms with Crippen LogP contribution in [0.3, 0.4) is 0 Å². The minimum atomic E-state index is -0.338. The summed E-state index contributed by atoms with van der Waals surface area (Å²) in [5, 5.41) is 7.28. The smallest absolute Gasteiger partial charge is 0.248 e. The van der Waals surface area contributed by atoms with Gasteiger partial charge in [0, 0.05) is 18.1 Å². The first-order valence-electron chi connectivity index (χ1n) is 7.84. The van der Waals surface area contributed by atoms with Gasteiger partial charge in [0.1, 0.15) is 6.04 Å². The standard InChI is InChI=1S/C18H25N3O/c1-12(2)15-8-6-9-16(13(3)4)17(15)20-18(22)14(5)21-11-7-10-19-21/h6-14H,1-5H3,(H,20,22). The predicted octanol–water partition coefficient (Wildman–Crippen LogP) is 4.33. The summed E-state index contributed by atoms with van der Waals surface area (Å²) in [7, 11) is 0. The number of carbonyl (C=O) groups is 1. The van der Waals surface area contributed by atoms with Gasteiger partial charge in [-0.1, -0.05) is 45.9 Å². The number of aromatic nitrogens is 2. The Labute approximate surface area is 132 Å². The maximum Gasteiger partial charge on any atom is 0.248 e. The summed E-state index contributed by atoms with van der Waals surface area (Å²) < 4.78 is 1.67. The first-order chi connectivity index (χ1) is 10.4. The summed E-state index contributed by atoms with van der Waals surface area (Å²) in [4.78, 5) is 12.6. The topological polar surface area (TPSA) is 46.9 Å². The van der Waals surface area contributed by atoms with Crippen molar-refractivity contribution in [2.75, 3.05) is 5.32 Å². The third-order valence-corrected chi connectivity index (χ3v) is 3.92. The van der Waals surface area contributed by atoms with Gasteiger partial charge in [0.25, 0.3) is 0 Å². The van der Waals surface area contributed by atoms with Gasteiger partial charge in [0.2, 0.25) is 5.91 Å². The lowest BCUT2D eigenvalue weighted by atomic mass is 9.92. The zero-order valence-electron chi connectivity index (χ0n) is 14.0. The highest BCUT2D eigenvalue weighted by molar-refractivity contribution is 5.95. The highest BCUT2D eigenvalue weighted by Gasteiger charge is 2.20. The maximum atomic E-state index is 12.6. The van der Waals surface area contributed by atoms with Gasteiger partial charge in [-0.15, -0.1) is 0 Å². The van der Waals surface area contributed by atoms with E-state index in [1.807, 2.05) is 19.2 Å². The summed E-state index contributed by atoms with van der Waals surface area (Å²) in [6.45, 7) is 10.4. The first-order valence-corrected chi connectivity index (χ1v) is 7.84. The van der Waals surface area contributed by atoms with E-state index in [1.54, 1.807) is 10.9 Å². The van der Waals surface area contributed by atoms with Crippen molar-refractivity contribution in [1.82, 2.24) is 9.78 Å². The van der Waals surface area contributed by atoms with Gasteiger partial charge in [-0.3, -0.25) is 9.48 Å². The summed E-state index contributed by atoms with van der Waals surface area (Å²) in [6, 6.07) is 7.73. The molecular formula is C18H25N3O. The van der Waals surface area contributed by atoms with Gasteiger partial charge in [-0.25, -0.2) is 0 Å². The molecule has 0 aliphatic carbocycles. The van der Waals surface area contributed by atoms with E-state index >= 15 is 0 Å². The van der Waals surface area contributed by atoms with Crippen LogP contribution in [-0.4, -0.2) is 15.7 Å². The minimum absolute atomic E-state index is 0.0429. The molecule has 0 radical (unpaired) electrons. The molecule has 0 aliphatic heterocycles. The molecule has 22 heavy (non-hydrogen) atoms. The Morgan fingerprint density at radius 2 is 1.64 bits per heavy atom. The Hall–Kier alpha value is -2.10. The molecule has 0 saturated heterocycles. The van der Waals surface area contributed by atoms with Crippen LogP contribution in [0.4, 0.5) is 5.69 Å². The molecule has 1 heterocycles. The quantitative estimate of drug-likeness (QED) is 0.893. The molecule has 2 rings (SSSR count). The van der Waals surface area contributed by atoms with Gasteiger partial charge in [-0.05, 0) is 36.0 Å². The average Bonchev–Trinajstić information content (AvgIpc) is 3.00. The second-order valence-electron chi connectivity index (χ2n) is 6.27. The van der Waals surface area contributed by atoms with Crippen LogP contribution in [0.25, 0.3) is 0 Å². The maximum absolute atomic E-state index is 12.6. The molecule has 1 aromatic carbocycles. The van der Waals surface area contributed by atoms with Crippen molar-refractivity contribution in [3.05, 3.63) is 47.8 Å². The summed E-state index contributed by atoms with van der Waals surface area (Å²) in [6.07, 6.45) is 3.49. The SMILES string of the molecule is CC(C)c1cccc(C(C)C)c1NC(=O)C(C)n1cccn1. The molecule has 4 nitrogen and oxygen atoms in total. The molecule has 4 heteroatoms. The van der Waals surface area contributed by atoms with Crippen LogP contribution in [0.2, 0.25) is 0 Å². The number of anilines is 1. The Morgan fingerprint density at radius 1 is 1.05 bits per heavy atom. The van der Waals surface area contributed by atoms with Crippen molar-refractivity contribution in [3.8, 4) is 0 Å². The third-order valence-electron chi connectivity index (χ3n) is 3.92. The number of nitrogens with one attached hydrogen (secondary N) is 1. The molecule has 118 valence electrons. The largest absolute Gasteiger partial charge is 0.324 e. The zero-order valence-corrected chi connectivity index (χ0v) is 14.0. The lowest BCUT2D eigenvalue weighted by Gasteiger charge is -2.21. The molecular weight excluding hydrogens is 274 g/mol. The number of amides is 1. The number of carbonyl (C=O) groups excluding carboxylic acids is 1. The van der Waals surface area contributed by atoms with Crippen molar-refractivity contribution < 1.29 is 4.79 Å². The first kappa shape index (κ1) is 16.3. The Morgan fingerprint density at radius 3 is 2.09 bits per heavy atom. The minimum Gasteiger partial charge on any atom is -0.324 e. The second-order valence-corrected chi connectivity index (χ2v) is 6.27. The molecule has 0 bridgehead atoms. The molecule has 1 N–H and O–H groups in total. The van der Waals surface area contributed by atoms with Gasteiger partial charge in [0.05, 0.1) is 0 Å². The van der Waals surface area contributed by atoms with E-state index < -0.39 is 0 Å². The third kappa shape index (κ3) is 3.38. The molecule has 1 amide bonds. The van der Waals surface area contributed by atoms with Gasteiger partial charge in [0.15, 0.2) is 0 Å². The van der Waals surface area contributed by atoms with E-state index in [9.17, 15) is 4.79 Å². The second kappa shape index (κ2) is 6.77. The average molecular weight is 299 g/mol. The van der Waals surface area contributed by atoms with Crippen molar-refractivity contribution in [2.24, 2.45) is 0 Å². The normalized spacial score (nSPS) is 12.7. The van der Waals surface area contributed by atoms with E-state index in [-0.39, 0.29) is 11.9 Å². The van der Waals surface area contributed by atoms with Crippen molar-refractivity contribution in [1.29, 1.82) is 0 Å². The van der Waals surface area contributed by atoms with Gasteiger partial charge in [-0.2, -0.15) is 5.10 Å². The molecule has 1 atom stereocenters. The van der Waals surface area contributed by atoms with E-state index in [0.29, 0.717) is 11.8 Å². The monoisotopic (exact) mass is 299 g/mol. The molecule has 1 unspecified atom stereocenters.